The molecule has 48 valence electrons. The predicted molar refractivity (Wildman–Crippen MR) is 35.1 cm³/mol. The standard InChI is InChI=1S/C5H10O2S/c6-4-5-7-2-1-3-8-5/h5-6H,1-4H2/p+1. The van der Waals surface area contributed by atoms with E-state index in [0.717, 1.165) is 13.0 Å². The summed E-state index contributed by atoms with van der Waals surface area (Å²) in [6.07, 6.45) is 1.15. The molecule has 1 aliphatic heterocycles. The molecule has 1 aliphatic rings. The first-order valence-corrected chi connectivity index (χ1v) is 3.97. The Morgan fingerprint density at radius 1 is 1.75 bits per heavy atom. The molecular formula is C5H11O2S+. The Kier molecular flexibility index (Phi) is 2.66. The van der Waals surface area contributed by atoms with Crippen molar-refractivity contribution in [2.45, 2.75) is 11.9 Å². The van der Waals surface area contributed by atoms with E-state index in [-0.39, 0.29) is 12.0 Å². The second kappa shape index (κ2) is 3.33. The van der Waals surface area contributed by atoms with Gasteiger partial charge in [-0.1, -0.05) is 0 Å². The molecule has 1 rings (SSSR count). The zero-order valence-electron chi connectivity index (χ0n) is 4.71. The summed E-state index contributed by atoms with van der Waals surface area (Å²) in [7, 11) is 0. The average Bonchev–Trinajstić information content (AvgIpc) is 1.90. The molecule has 3 heteroatoms. The van der Waals surface area contributed by atoms with Crippen LogP contribution >= 0.6 is 0 Å². The van der Waals surface area contributed by atoms with Gasteiger partial charge in [0.05, 0.1) is 6.61 Å². The minimum atomic E-state index is 0.115. The van der Waals surface area contributed by atoms with Crippen LogP contribution in [-0.2, 0) is 16.5 Å². The first-order chi connectivity index (χ1) is 3.93. The molecule has 1 saturated heterocycles. The molecule has 0 radical (unpaired) electrons. The lowest BCUT2D eigenvalue weighted by atomic mass is 10.5. The van der Waals surface area contributed by atoms with Crippen molar-refractivity contribution in [1.82, 2.24) is 0 Å². The van der Waals surface area contributed by atoms with Crippen LogP contribution in [0, 0.1) is 0 Å². The second-order valence-corrected chi connectivity index (χ2v) is 3.16. The van der Waals surface area contributed by atoms with Gasteiger partial charge in [0.1, 0.15) is 12.4 Å². The topological polar surface area (TPSA) is 29.5 Å². The van der Waals surface area contributed by atoms with E-state index in [4.69, 9.17) is 9.84 Å². The molecule has 8 heavy (non-hydrogen) atoms. The number of ether oxygens (including phenoxy) is 1. The van der Waals surface area contributed by atoms with Gasteiger partial charge in [-0.3, -0.25) is 0 Å². The summed E-state index contributed by atoms with van der Waals surface area (Å²) in [5.41, 5.74) is 0.115. The van der Waals surface area contributed by atoms with Gasteiger partial charge in [0, 0.05) is 18.2 Å². The van der Waals surface area contributed by atoms with Crippen molar-refractivity contribution in [2.24, 2.45) is 0 Å². The van der Waals surface area contributed by atoms with Gasteiger partial charge in [-0.25, -0.2) is 0 Å². The van der Waals surface area contributed by atoms with Gasteiger partial charge < -0.3 is 9.84 Å². The van der Waals surface area contributed by atoms with Crippen LogP contribution in [0.5, 0.6) is 0 Å². The zero-order chi connectivity index (χ0) is 5.82. The second-order valence-electron chi connectivity index (χ2n) is 1.77. The lowest BCUT2D eigenvalue weighted by Crippen LogP contribution is -2.26. The van der Waals surface area contributed by atoms with Gasteiger partial charge in [-0.2, -0.15) is 0 Å². The Hall–Kier alpha value is 0.270. The molecule has 0 aromatic heterocycles. The van der Waals surface area contributed by atoms with Crippen LogP contribution in [0.4, 0.5) is 0 Å². The molecule has 0 spiro atoms. The summed E-state index contributed by atoms with van der Waals surface area (Å²) in [5.74, 6) is 1.19. The number of aliphatic hydroxyl groups excluding tert-OH is 1. The maximum atomic E-state index is 8.56. The van der Waals surface area contributed by atoms with Crippen LogP contribution in [0.3, 0.4) is 0 Å². The molecule has 1 fully saturated rings. The lowest BCUT2D eigenvalue weighted by molar-refractivity contribution is 0.0624. The summed E-state index contributed by atoms with van der Waals surface area (Å²) in [5, 5.41) is 8.56. The van der Waals surface area contributed by atoms with Gasteiger partial charge in [-0.15, -0.1) is 0 Å². The highest BCUT2D eigenvalue weighted by Gasteiger charge is 2.19. The van der Waals surface area contributed by atoms with Crippen LogP contribution < -0.4 is 0 Å². The fourth-order valence-corrected chi connectivity index (χ4v) is 1.61. The number of thiol groups is 1. The minimum Gasteiger partial charge on any atom is -0.388 e. The van der Waals surface area contributed by atoms with Crippen molar-refractivity contribution in [2.75, 3.05) is 19.0 Å². The molecule has 0 aromatic rings. The van der Waals surface area contributed by atoms with Gasteiger partial charge in [0.15, 0.2) is 0 Å². The molecule has 0 bridgehead atoms. The van der Waals surface area contributed by atoms with Gasteiger partial charge in [0.2, 0.25) is 5.44 Å². The maximum absolute atomic E-state index is 8.56. The molecule has 1 heterocycles. The quantitative estimate of drug-likeness (QED) is 0.389. The zero-order valence-corrected chi connectivity index (χ0v) is 5.60. The molecular weight excluding hydrogens is 124 g/mol. The third-order valence-corrected chi connectivity index (χ3v) is 2.40. The molecule has 1 N–H and O–H groups in total. The summed E-state index contributed by atoms with van der Waals surface area (Å²) in [6.45, 7) is 1.01. The van der Waals surface area contributed by atoms with Crippen molar-refractivity contribution >= 4 is 11.8 Å². The maximum Gasteiger partial charge on any atom is 0.239 e. The van der Waals surface area contributed by atoms with Crippen molar-refractivity contribution < 1.29 is 9.84 Å². The van der Waals surface area contributed by atoms with Crippen LogP contribution in [0.25, 0.3) is 0 Å². The highest BCUT2D eigenvalue weighted by molar-refractivity contribution is 7.79. The molecule has 1 atom stereocenters. The largest absolute Gasteiger partial charge is 0.388 e. The molecule has 0 aliphatic carbocycles. The van der Waals surface area contributed by atoms with E-state index in [1.165, 1.54) is 17.5 Å². The fraction of sp³-hybridized carbons (Fsp3) is 1.00. The van der Waals surface area contributed by atoms with Crippen molar-refractivity contribution in [3.8, 4) is 0 Å². The number of hydrogen-bond donors (Lipinski definition) is 1. The normalized spacial score (nSPS) is 30.4. The number of aliphatic hydroxyl groups is 1. The smallest absolute Gasteiger partial charge is 0.239 e. The Balaban J connectivity index is 2.13. The Bertz CT molecular complexity index is 61.4. The van der Waals surface area contributed by atoms with E-state index in [2.05, 4.69) is 0 Å². The molecule has 2 nitrogen and oxygen atoms in total. The van der Waals surface area contributed by atoms with Crippen LogP contribution in [0.2, 0.25) is 0 Å². The number of rotatable bonds is 1. The minimum absolute atomic E-state index is 0.115. The van der Waals surface area contributed by atoms with Crippen molar-refractivity contribution in [3.05, 3.63) is 0 Å². The van der Waals surface area contributed by atoms with Crippen molar-refractivity contribution in [1.29, 1.82) is 0 Å². The monoisotopic (exact) mass is 135 g/mol. The Morgan fingerprint density at radius 3 is 3.00 bits per heavy atom. The van der Waals surface area contributed by atoms with E-state index in [9.17, 15) is 0 Å². The third kappa shape index (κ3) is 1.65. The fourth-order valence-electron chi connectivity index (χ4n) is 0.682. The first-order valence-electron chi connectivity index (χ1n) is 2.82. The summed E-state index contributed by atoms with van der Waals surface area (Å²) >= 11 is 1.26. The van der Waals surface area contributed by atoms with Crippen LogP contribution in [0.15, 0.2) is 0 Å². The van der Waals surface area contributed by atoms with E-state index in [0.29, 0.717) is 0 Å². The highest BCUT2D eigenvalue weighted by atomic mass is 32.2. The summed E-state index contributed by atoms with van der Waals surface area (Å²) < 4.78 is 5.16. The van der Waals surface area contributed by atoms with E-state index < -0.39 is 0 Å². The predicted octanol–water partition coefficient (Wildman–Crippen LogP) is -0.460. The first kappa shape index (κ1) is 6.39. The SMILES string of the molecule is OCC1OCCC[SH+]1. The molecule has 1 unspecified atom stereocenters. The van der Waals surface area contributed by atoms with Crippen LogP contribution in [0.1, 0.15) is 6.42 Å². The number of hydrogen-bond acceptors (Lipinski definition) is 2. The average molecular weight is 135 g/mol. The summed E-state index contributed by atoms with van der Waals surface area (Å²) in [4.78, 5) is 0. The Labute approximate surface area is 53.2 Å². The van der Waals surface area contributed by atoms with Crippen LogP contribution in [-0.4, -0.2) is 29.5 Å². The van der Waals surface area contributed by atoms with E-state index in [1.54, 1.807) is 0 Å². The van der Waals surface area contributed by atoms with E-state index >= 15 is 0 Å². The third-order valence-electron chi connectivity index (χ3n) is 1.10. The Morgan fingerprint density at radius 2 is 2.62 bits per heavy atom. The van der Waals surface area contributed by atoms with Crippen molar-refractivity contribution in [3.63, 3.8) is 0 Å². The van der Waals surface area contributed by atoms with Gasteiger partial charge >= 0.3 is 0 Å². The molecule has 0 amide bonds. The van der Waals surface area contributed by atoms with Gasteiger partial charge in [0.25, 0.3) is 0 Å². The summed E-state index contributed by atoms with van der Waals surface area (Å²) in [6, 6.07) is 0. The lowest BCUT2D eigenvalue weighted by Gasteiger charge is -2.12. The van der Waals surface area contributed by atoms with E-state index in [1.807, 2.05) is 0 Å². The molecule has 0 aromatic carbocycles. The molecule has 0 saturated carbocycles. The highest BCUT2D eigenvalue weighted by Crippen LogP contribution is 2.03. The van der Waals surface area contributed by atoms with Gasteiger partial charge in [-0.05, 0) is 0 Å².